The molecule has 0 unspecified atom stereocenters. The number of nitrogens with zero attached hydrogens (tertiary/aromatic N) is 1. The normalized spacial score (nSPS) is 14.6. The van der Waals surface area contributed by atoms with Gasteiger partial charge in [0.1, 0.15) is 11.4 Å². The van der Waals surface area contributed by atoms with E-state index in [9.17, 15) is 18.8 Å². The van der Waals surface area contributed by atoms with Crippen LogP contribution in [0.4, 0.5) is 10.1 Å². The molecule has 8 nitrogen and oxygen atoms in total. The summed E-state index contributed by atoms with van der Waals surface area (Å²) in [7, 11) is 1.41. The smallest absolute Gasteiger partial charge is 0.265 e. The Morgan fingerprint density at radius 3 is 2.62 bits per heavy atom. The Hall–Kier alpha value is -3.57. The van der Waals surface area contributed by atoms with Gasteiger partial charge in [0.2, 0.25) is 0 Å². The van der Waals surface area contributed by atoms with Crippen LogP contribution >= 0.6 is 28.1 Å². The number of benzene rings is 2. The van der Waals surface area contributed by atoms with Gasteiger partial charge in [-0.15, -0.1) is 6.58 Å². The van der Waals surface area contributed by atoms with E-state index < -0.39 is 23.5 Å². The van der Waals surface area contributed by atoms with E-state index in [1.165, 1.54) is 48.4 Å². The zero-order chi connectivity index (χ0) is 24.8. The molecule has 0 aromatic heterocycles. The number of rotatable bonds is 8. The summed E-state index contributed by atoms with van der Waals surface area (Å²) in [6, 6.07) is 8.41. The average Bonchev–Trinajstić information content (AvgIpc) is 2.80. The van der Waals surface area contributed by atoms with E-state index in [0.717, 1.165) is 0 Å². The van der Waals surface area contributed by atoms with Crippen LogP contribution in [0.25, 0.3) is 6.08 Å². The van der Waals surface area contributed by atoms with Gasteiger partial charge in [0.05, 0.1) is 7.11 Å². The van der Waals surface area contributed by atoms with Crippen molar-refractivity contribution in [3.05, 3.63) is 70.5 Å². The molecule has 0 aliphatic carbocycles. The molecular formula is C23H19BrFN3O5S. The van der Waals surface area contributed by atoms with Crippen LogP contribution in [-0.2, 0) is 14.4 Å². The Balaban J connectivity index is 1.78. The summed E-state index contributed by atoms with van der Waals surface area (Å²) < 4.78 is 24.4. The van der Waals surface area contributed by atoms with E-state index >= 15 is 0 Å². The maximum atomic E-state index is 13.0. The van der Waals surface area contributed by atoms with Crippen LogP contribution in [0.1, 0.15) is 5.56 Å². The second-order valence-electron chi connectivity index (χ2n) is 6.89. The lowest BCUT2D eigenvalue weighted by molar-refractivity contribution is -0.128. The molecule has 2 aromatic rings. The van der Waals surface area contributed by atoms with Crippen LogP contribution < -0.4 is 20.1 Å². The third kappa shape index (κ3) is 5.86. The van der Waals surface area contributed by atoms with Crippen molar-refractivity contribution in [1.29, 1.82) is 0 Å². The highest BCUT2D eigenvalue weighted by Gasteiger charge is 2.32. The Morgan fingerprint density at radius 2 is 1.97 bits per heavy atom. The lowest BCUT2D eigenvalue weighted by Crippen LogP contribution is -2.53. The summed E-state index contributed by atoms with van der Waals surface area (Å²) in [5, 5.41) is 5.07. The Kier molecular flexibility index (Phi) is 8.13. The third-order valence-electron chi connectivity index (χ3n) is 4.57. The maximum Gasteiger partial charge on any atom is 0.265 e. The first-order chi connectivity index (χ1) is 16.2. The number of nitrogens with one attached hydrogen (secondary N) is 2. The molecule has 2 N–H and O–H groups in total. The Labute approximate surface area is 208 Å². The van der Waals surface area contributed by atoms with Crippen LogP contribution in [0.15, 0.2) is 59.1 Å². The van der Waals surface area contributed by atoms with E-state index in [-0.39, 0.29) is 35.3 Å². The van der Waals surface area contributed by atoms with Crippen molar-refractivity contribution in [3.63, 3.8) is 0 Å². The molecule has 34 heavy (non-hydrogen) atoms. The quantitative estimate of drug-likeness (QED) is 0.227. The highest BCUT2D eigenvalue weighted by atomic mass is 79.9. The van der Waals surface area contributed by atoms with E-state index in [2.05, 4.69) is 33.1 Å². The number of carbonyl (C=O) groups excluding carboxylic acids is 3. The number of thiocarbonyl (C=S) groups is 1. The van der Waals surface area contributed by atoms with E-state index in [1.807, 2.05) is 0 Å². The standard InChI is InChI=1S/C23H19BrFN3O5S/c1-3-8-28-22(31)16(21(30)27-23(28)34)9-13-10-18(32-2)19(11-17(13)24)33-12-20(29)26-15-6-4-14(25)5-7-15/h3-7,9-11H,1,8,12H2,2H3,(H,26,29)(H,27,30,34)/b16-9-. The van der Waals surface area contributed by atoms with E-state index in [4.69, 9.17) is 21.7 Å². The van der Waals surface area contributed by atoms with Gasteiger partial charge in [-0.3, -0.25) is 24.6 Å². The predicted octanol–water partition coefficient (Wildman–Crippen LogP) is 3.43. The minimum atomic E-state index is -0.626. The molecule has 1 heterocycles. The van der Waals surface area contributed by atoms with Crippen LogP contribution in [0.3, 0.4) is 0 Å². The van der Waals surface area contributed by atoms with Crippen LogP contribution in [0.5, 0.6) is 11.5 Å². The fourth-order valence-electron chi connectivity index (χ4n) is 2.95. The summed E-state index contributed by atoms with van der Waals surface area (Å²) in [5.41, 5.74) is 0.765. The van der Waals surface area contributed by atoms with Crippen molar-refractivity contribution in [2.24, 2.45) is 0 Å². The van der Waals surface area contributed by atoms with Crippen molar-refractivity contribution in [2.45, 2.75) is 0 Å². The van der Waals surface area contributed by atoms with Crippen LogP contribution in [0, 0.1) is 5.82 Å². The molecule has 0 radical (unpaired) electrons. The van der Waals surface area contributed by atoms with Gasteiger partial charge in [0.25, 0.3) is 17.7 Å². The lowest BCUT2D eigenvalue weighted by atomic mass is 10.1. The van der Waals surface area contributed by atoms with Gasteiger partial charge < -0.3 is 14.8 Å². The molecule has 3 amide bonds. The lowest BCUT2D eigenvalue weighted by Gasteiger charge is -2.27. The van der Waals surface area contributed by atoms with E-state index in [0.29, 0.717) is 15.7 Å². The highest BCUT2D eigenvalue weighted by Crippen LogP contribution is 2.35. The molecule has 1 saturated heterocycles. The number of anilines is 1. The number of ether oxygens (including phenoxy) is 2. The second kappa shape index (κ2) is 11.0. The summed E-state index contributed by atoms with van der Waals surface area (Å²) in [5.74, 6) is -1.54. The van der Waals surface area contributed by atoms with E-state index in [1.54, 1.807) is 12.1 Å². The zero-order valence-corrected chi connectivity index (χ0v) is 20.3. The summed E-state index contributed by atoms with van der Waals surface area (Å²) >= 11 is 8.43. The van der Waals surface area contributed by atoms with Crippen LogP contribution in [0.2, 0.25) is 0 Å². The molecule has 0 bridgehead atoms. The fraction of sp³-hybridized carbons (Fsp3) is 0.130. The molecular weight excluding hydrogens is 529 g/mol. The molecule has 1 aliphatic heterocycles. The second-order valence-corrected chi connectivity index (χ2v) is 8.13. The molecule has 11 heteroatoms. The highest BCUT2D eigenvalue weighted by molar-refractivity contribution is 9.10. The van der Waals surface area contributed by atoms with Gasteiger partial charge in [0.15, 0.2) is 23.2 Å². The van der Waals surface area contributed by atoms with Gasteiger partial charge in [-0.1, -0.05) is 22.0 Å². The molecule has 176 valence electrons. The topological polar surface area (TPSA) is 97.0 Å². The van der Waals surface area contributed by atoms with Gasteiger partial charge in [-0.05, 0) is 60.3 Å². The Bertz CT molecular complexity index is 1200. The average molecular weight is 548 g/mol. The van der Waals surface area contributed by atoms with Crippen molar-refractivity contribution >= 4 is 62.7 Å². The van der Waals surface area contributed by atoms with Gasteiger partial charge >= 0.3 is 0 Å². The number of methoxy groups -OCH3 is 1. The Morgan fingerprint density at radius 1 is 1.26 bits per heavy atom. The molecule has 0 saturated carbocycles. The molecule has 0 atom stereocenters. The molecule has 2 aromatic carbocycles. The molecule has 1 fully saturated rings. The minimum absolute atomic E-state index is 0.00589. The first kappa shape index (κ1) is 25.1. The van der Waals surface area contributed by atoms with Crippen molar-refractivity contribution in [2.75, 3.05) is 25.6 Å². The zero-order valence-electron chi connectivity index (χ0n) is 17.9. The monoisotopic (exact) mass is 547 g/mol. The summed E-state index contributed by atoms with van der Waals surface area (Å²) in [6.45, 7) is 3.40. The van der Waals surface area contributed by atoms with Gasteiger partial charge in [-0.25, -0.2) is 4.39 Å². The minimum Gasteiger partial charge on any atom is -0.493 e. The van der Waals surface area contributed by atoms with Gasteiger partial charge in [0, 0.05) is 16.7 Å². The first-order valence-corrected chi connectivity index (χ1v) is 11.0. The first-order valence-electron chi connectivity index (χ1n) is 9.79. The fourth-order valence-corrected chi connectivity index (χ4v) is 3.64. The number of halogens is 2. The summed E-state index contributed by atoms with van der Waals surface area (Å²) in [4.78, 5) is 38.5. The van der Waals surface area contributed by atoms with Crippen molar-refractivity contribution in [1.82, 2.24) is 10.2 Å². The predicted molar refractivity (Wildman–Crippen MR) is 132 cm³/mol. The van der Waals surface area contributed by atoms with Gasteiger partial charge in [-0.2, -0.15) is 0 Å². The number of hydrogen-bond acceptors (Lipinski definition) is 6. The number of hydrogen-bond donors (Lipinski definition) is 2. The maximum absolute atomic E-state index is 13.0. The molecule has 0 spiro atoms. The summed E-state index contributed by atoms with van der Waals surface area (Å²) in [6.07, 6.45) is 2.89. The third-order valence-corrected chi connectivity index (χ3v) is 5.58. The molecule has 3 rings (SSSR count). The van der Waals surface area contributed by atoms with Crippen molar-refractivity contribution in [3.8, 4) is 11.5 Å². The number of amides is 3. The SMILES string of the molecule is C=CCN1C(=O)/C(=C\c2cc(OC)c(OCC(=O)Nc3ccc(F)cc3)cc2Br)C(=O)NC1=S. The van der Waals surface area contributed by atoms with Crippen molar-refractivity contribution < 1.29 is 28.2 Å². The van der Waals surface area contributed by atoms with Crippen LogP contribution in [-0.4, -0.2) is 48.0 Å². The number of carbonyl (C=O) groups is 3. The molecule has 1 aliphatic rings. The largest absolute Gasteiger partial charge is 0.493 e.